The number of carbonyl (C=O) groups excluding carboxylic acids is 1. The van der Waals surface area contributed by atoms with Crippen LogP contribution in [0.4, 0.5) is 5.69 Å². The predicted octanol–water partition coefficient (Wildman–Crippen LogP) is 0.628. The standard InChI is InChI=1S/C13H5N5O4/c19-10-7-5-6(18(21)22)1-2-8(7)17-12(10)16-11-9(13(17)20)14-3-4-15-11/h1-5H. The van der Waals surface area contributed by atoms with Gasteiger partial charge in [0.1, 0.15) is 0 Å². The van der Waals surface area contributed by atoms with E-state index in [0.717, 1.165) is 10.6 Å². The average molecular weight is 295 g/mol. The van der Waals surface area contributed by atoms with Crippen LogP contribution in [0.1, 0.15) is 16.2 Å². The van der Waals surface area contributed by atoms with E-state index in [1.807, 2.05) is 0 Å². The summed E-state index contributed by atoms with van der Waals surface area (Å²) in [5, 5.41) is 10.8. The van der Waals surface area contributed by atoms with Gasteiger partial charge in [0.15, 0.2) is 17.0 Å². The number of non-ortho nitro benzene ring substituents is 1. The molecule has 0 aliphatic carbocycles. The number of hydrogen-bond acceptors (Lipinski definition) is 7. The second kappa shape index (κ2) is 4.01. The minimum absolute atomic E-state index is 0.0326. The molecule has 0 atom stereocenters. The molecule has 0 radical (unpaired) electrons. The Morgan fingerprint density at radius 3 is 2.68 bits per heavy atom. The molecule has 0 fully saturated rings. The van der Waals surface area contributed by atoms with Crippen LogP contribution < -0.4 is 5.56 Å². The van der Waals surface area contributed by atoms with Gasteiger partial charge in [-0.2, -0.15) is 0 Å². The molecule has 0 saturated heterocycles. The summed E-state index contributed by atoms with van der Waals surface area (Å²) in [6.45, 7) is 0. The minimum Gasteiger partial charge on any atom is -0.285 e. The number of hydrogen-bond donors (Lipinski definition) is 0. The zero-order valence-corrected chi connectivity index (χ0v) is 10.8. The molecule has 0 saturated carbocycles. The first-order chi connectivity index (χ1) is 10.6. The summed E-state index contributed by atoms with van der Waals surface area (Å²) in [7, 11) is 0. The van der Waals surface area contributed by atoms with Crippen molar-refractivity contribution >= 4 is 22.6 Å². The Balaban J connectivity index is 2.10. The molecular formula is C13H5N5O4. The normalized spacial score (nSPS) is 12.3. The molecule has 9 nitrogen and oxygen atoms in total. The monoisotopic (exact) mass is 295 g/mol. The number of nitro groups is 1. The molecule has 106 valence electrons. The third kappa shape index (κ3) is 1.44. The molecule has 0 bridgehead atoms. The van der Waals surface area contributed by atoms with E-state index in [0.29, 0.717) is 0 Å². The summed E-state index contributed by atoms with van der Waals surface area (Å²) < 4.78 is 1.11. The van der Waals surface area contributed by atoms with Crippen LogP contribution in [0.5, 0.6) is 0 Å². The van der Waals surface area contributed by atoms with E-state index in [4.69, 9.17) is 0 Å². The Kier molecular flexibility index (Phi) is 2.23. The van der Waals surface area contributed by atoms with Crippen molar-refractivity contribution in [1.29, 1.82) is 0 Å². The first-order valence-corrected chi connectivity index (χ1v) is 6.15. The van der Waals surface area contributed by atoms with Gasteiger partial charge >= 0.3 is 0 Å². The first-order valence-electron chi connectivity index (χ1n) is 6.15. The second-order valence-corrected chi connectivity index (χ2v) is 4.59. The van der Waals surface area contributed by atoms with Crippen LogP contribution in [0.15, 0.2) is 35.4 Å². The number of fused-ring (bicyclic) bond motifs is 4. The maximum atomic E-state index is 12.5. The van der Waals surface area contributed by atoms with Crippen molar-refractivity contribution in [3.8, 4) is 5.69 Å². The largest absolute Gasteiger partial charge is 0.286 e. The number of rotatable bonds is 1. The van der Waals surface area contributed by atoms with Crippen molar-refractivity contribution in [1.82, 2.24) is 19.5 Å². The molecule has 1 aliphatic rings. The molecule has 1 aliphatic heterocycles. The average Bonchev–Trinajstić information content (AvgIpc) is 2.80. The van der Waals surface area contributed by atoms with Gasteiger partial charge < -0.3 is 0 Å². The van der Waals surface area contributed by atoms with E-state index in [-0.39, 0.29) is 33.9 Å². The van der Waals surface area contributed by atoms with Gasteiger partial charge in [0.2, 0.25) is 5.78 Å². The van der Waals surface area contributed by atoms with Crippen LogP contribution in [0.25, 0.3) is 16.9 Å². The molecule has 0 amide bonds. The van der Waals surface area contributed by atoms with Gasteiger partial charge in [-0.25, -0.2) is 15.0 Å². The lowest BCUT2D eigenvalue weighted by Gasteiger charge is -2.03. The minimum atomic E-state index is -0.605. The maximum absolute atomic E-state index is 12.5. The van der Waals surface area contributed by atoms with E-state index in [1.54, 1.807) is 0 Å². The fourth-order valence-corrected chi connectivity index (χ4v) is 2.43. The van der Waals surface area contributed by atoms with Gasteiger partial charge in [-0.3, -0.25) is 24.3 Å². The van der Waals surface area contributed by atoms with E-state index >= 15 is 0 Å². The quantitative estimate of drug-likeness (QED) is 0.373. The molecule has 9 heteroatoms. The third-order valence-electron chi connectivity index (χ3n) is 3.39. The lowest BCUT2D eigenvalue weighted by Crippen LogP contribution is -2.22. The number of aromatic nitrogens is 4. The van der Waals surface area contributed by atoms with Crippen LogP contribution in [-0.4, -0.2) is 30.2 Å². The van der Waals surface area contributed by atoms with Crippen LogP contribution in [-0.2, 0) is 0 Å². The summed E-state index contributed by atoms with van der Waals surface area (Å²) in [5.74, 6) is -0.670. The van der Waals surface area contributed by atoms with Crippen molar-refractivity contribution < 1.29 is 9.72 Å². The van der Waals surface area contributed by atoms with E-state index in [2.05, 4.69) is 15.0 Å². The molecule has 1 aromatic carbocycles. The van der Waals surface area contributed by atoms with Gasteiger partial charge in [0, 0.05) is 24.5 Å². The fourth-order valence-electron chi connectivity index (χ4n) is 2.43. The van der Waals surface area contributed by atoms with Crippen molar-refractivity contribution in [3.63, 3.8) is 0 Å². The van der Waals surface area contributed by atoms with Gasteiger partial charge in [0.25, 0.3) is 11.2 Å². The maximum Gasteiger partial charge on any atom is 0.286 e. The Morgan fingerprint density at radius 1 is 1.14 bits per heavy atom. The second-order valence-electron chi connectivity index (χ2n) is 4.59. The zero-order chi connectivity index (χ0) is 15.4. The van der Waals surface area contributed by atoms with Crippen molar-refractivity contribution in [2.75, 3.05) is 0 Å². The third-order valence-corrected chi connectivity index (χ3v) is 3.39. The van der Waals surface area contributed by atoms with Gasteiger partial charge in [-0.1, -0.05) is 0 Å². The highest BCUT2D eigenvalue weighted by Crippen LogP contribution is 2.28. The summed E-state index contributed by atoms with van der Waals surface area (Å²) in [6, 6.07) is 3.72. The van der Waals surface area contributed by atoms with Gasteiger partial charge in [0.05, 0.1) is 16.2 Å². The summed E-state index contributed by atoms with van der Waals surface area (Å²) in [5.41, 5.74) is -0.341. The molecule has 2 aromatic heterocycles. The summed E-state index contributed by atoms with van der Waals surface area (Å²) in [6.07, 6.45) is 2.72. The highest BCUT2D eigenvalue weighted by molar-refractivity contribution is 6.13. The highest BCUT2D eigenvalue weighted by atomic mass is 16.6. The van der Waals surface area contributed by atoms with Crippen LogP contribution in [0, 0.1) is 10.1 Å². The Morgan fingerprint density at radius 2 is 1.91 bits per heavy atom. The summed E-state index contributed by atoms with van der Waals surface area (Å²) >= 11 is 0. The first kappa shape index (κ1) is 12.3. The number of nitro benzene ring substituents is 1. The molecule has 0 N–H and O–H groups in total. The topological polar surface area (TPSA) is 121 Å². The molecule has 3 heterocycles. The van der Waals surface area contributed by atoms with E-state index in [1.165, 1.54) is 24.5 Å². The van der Waals surface area contributed by atoms with Crippen LogP contribution >= 0.6 is 0 Å². The number of benzene rings is 1. The smallest absolute Gasteiger partial charge is 0.285 e. The lowest BCUT2D eigenvalue weighted by molar-refractivity contribution is -0.384. The lowest BCUT2D eigenvalue weighted by atomic mass is 10.1. The molecule has 4 rings (SSSR count). The Bertz CT molecular complexity index is 1060. The SMILES string of the molecule is O=C1c2cc([N+](=O)[O-])ccc2-n2c1nc1nccnc1c2=O. The zero-order valence-electron chi connectivity index (χ0n) is 10.8. The van der Waals surface area contributed by atoms with Gasteiger partial charge in [-0.15, -0.1) is 0 Å². The van der Waals surface area contributed by atoms with Crippen molar-refractivity contribution in [2.45, 2.75) is 0 Å². The fraction of sp³-hybridized carbons (Fsp3) is 0. The van der Waals surface area contributed by atoms with E-state index in [9.17, 15) is 19.7 Å². The molecule has 3 aromatic rings. The molecule has 22 heavy (non-hydrogen) atoms. The summed E-state index contributed by atoms with van der Waals surface area (Å²) in [4.78, 5) is 47.0. The Labute approximate surface area is 121 Å². The Hall–Kier alpha value is -3.49. The van der Waals surface area contributed by atoms with Crippen molar-refractivity contribution in [2.24, 2.45) is 0 Å². The van der Waals surface area contributed by atoms with E-state index < -0.39 is 16.3 Å². The number of nitrogens with zero attached hydrogens (tertiary/aromatic N) is 5. The van der Waals surface area contributed by atoms with Gasteiger partial charge in [-0.05, 0) is 6.07 Å². The molecule has 0 unspecified atom stereocenters. The van der Waals surface area contributed by atoms with Crippen LogP contribution in [0.2, 0.25) is 0 Å². The number of carbonyl (C=O) groups is 1. The molecular weight excluding hydrogens is 290 g/mol. The van der Waals surface area contributed by atoms with Crippen LogP contribution in [0.3, 0.4) is 0 Å². The highest BCUT2D eigenvalue weighted by Gasteiger charge is 2.32. The molecule has 0 spiro atoms. The van der Waals surface area contributed by atoms with Crippen molar-refractivity contribution in [3.05, 3.63) is 62.4 Å². The number of ketones is 1. The predicted molar refractivity (Wildman–Crippen MR) is 73.0 cm³/mol.